The van der Waals surface area contributed by atoms with Crippen molar-refractivity contribution in [2.45, 2.75) is 4.90 Å². The summed E-state index contributed by atoms with van der Waals surface area (Å²) in [4.78, 5) is 3.60. The molecule has 0 unspecified atom stereocenters. The quantitative estimate of drug-likeness (QED) is 0.720. The number of benzene rings is 1. The van der Waals surface area contributed by atoms with Crippen LogP contribution in [0.4, 0.5) is 8.78 Å². The molecule has 3 rings (SSSR count). The van der Waals surface area contributed by atoms with Crippen molar-refractivity contribution in [1.29, 1.82) is 0 Å². The van der Waals surface area contributed by atoms with Gasteiger partial charge in [0.1, 0.15) is 21.7 Å². The van der Waals surface area contributed by atoms with Crippen molar-refractivity contribution >= 4 is 21.6 Å². The Morgan fingerprint density at radius 2 is 1.70 bits per heavy atom. The number of hydrogen-bond acceptors (Lipinski definition) is 3. The molecule has 8 heteroatoms. The summed E-state index contributed by atoms with van der Waals surface area (Å²) in [5.41, 5.74) is -0.665. The van der Waals surface area contributed by atoms with Crippen LogP contribution in [0.3, 0.4) is 0 Å². The first-order chi connectivity index (χ1) is 10.9. The molecule has 0 saturated carbocycles. The Morgan fingerprint density at radius 1 is 1.00 bits per heavy atom. The topological polar surface area (TPSA) is 52.0 Å². The lowest BCUT2D eigenvalue weighted by Gasteiger charge is -2.12. The number of nitrogens with zero attached hydrogens (tertiary/aromatic N) is 2. The summed E-state index contributed by atoms with van der Waals surface area (Å²) < 4.78 is 54.2. The van der Waals surface area contributed by atoms with E-state index >= 15 is 0 Å². The highest BCUT2D eigenvalue weighted by Gasteiger charge is 2.26. The van der Waals surface area contributed by atoms with Gasteiger partial charge in [-0.25, -0.2) is 21.2 Å². The van der Waals surface area contributed by atoms with Crippen molar-refractivity contribution in [2.75, 3.05) is 0 Å². The second-order valence-electron chi connectivity index (χ2n) is 4.60. The Morgan fingerprint density at radius 3 is 2.30 bits per heavy atom. The third-order valence-corrected chi connectivity index (χ3v) is 5.29. The molecule has 1 aromatic carbocycles. The molecule has 2 aromatic heterocycles. The van der Waals surface area contributed by atoms with Crippen LogP contribution < -0.4 is 0 Å². The van der Waals surface area contributed by atoms with Gasteiger partial charge in [0.25, 0.3) is 10.0 Å². The number of halogens is 3. The molecule has 4 nitrogen and oxygen atoms in total. The number of rotatable bonds is 3. The molecule has 0 aliphatic carbocycles. The molecule has 0 spiro atoms. The zero-order valence-corrected chi connectivity index (χ0v) is 13.0. The van der Waals surface area contributed by atoms with Crippen molar-refractivity contribution in [1.82, 2.24) is 8.96 Å². The van der Waals surface area contributed by atoms with E-state index in [1.54, 1.807) is 0 Å². The molecular formula is C15H9ClF2N2O2S. The average Bonchev–Trinajstić information content (AvgIpc) is 2.90. The maximum atomic E-state index is 14.0. The van der Waals surface area contributed by atoms with Crippen LogP contribution in [0.25, 0.3) is 11.3 Å². The van der Waals surface area contributed by atoms with Crippen LogP contribution in [0.15, 0.2) is 59.8 Å². The number of aromatic nitrogens is 2. The van der Waals surface area contributed by atoms with Crippen LogP contribution in [0, 0.1) is 11.6 Å². The van der Waals surface area contributed by atoms with Gasteiger partial charge in [-0.3, -0.25) is 4.98 Å². The van der Waals surface area contributed by atoms with E-state index in [1.807, 2.05) is 0 Å². The van der Waals surface area contributed by atoms with E-state index in [-0.39, 0.29) is 15.7 Å². The SMILES string of the molecule is O=S(=O)(c1cccnc1)n1c(Cl)ccc1-c1c(F)cccc1F. The summed E-state index contributed by atoms with van der Waals surface area (Å²) in [6, 6.07) is 8.54. The van der Waals surface area contributed by atoms with E-state index < -0.39 is 27.2 Å². The van der Waals surface area contributed by atoms with Gasteiger partial charge in [0.05, 0.1) is 11.3 Å². The Hall–Kier alpha value is -2.25. The molecule has 0 aliphatic heterocycles. The third kappa shape index (κ3) is 2.62. The van der Waals surface area contributed by atoms with E-state index in [9.17, 15) is 17.2 Å². The first-order valence-corrected chi connectivity index (χ1v) is 8.22. The minimum atomic E-state index is -4.15. The minimum absolute atomic E-state index is 0.143. The fourth-order valence-corrected chi connectivity index (χ4v) is 3.96. The van der Waals surface area contributed by atoms with Crippen molar-refractivity contribution in [3.63, 3.8) is 0 Å². The van der Waals surface area contributed by atoms with Crippen molar-refractivity contribution in [3.8, 4) is 11.3 Å². The third-order valence-electron chi connectivity index (χ3n) is 3.18. The van der Waals surface area contributed by atoms with Crippen LogP contribution in [0.1, 0.15) is 0 Å². The van der Waals surface area contributed by atoms with E-state index in [4.69, 9.17) is 11.6 Å². The molecule has 0 aliphatic rings. The van der Waals surface area contributed by atoms with Gasteiger partial charge in [-0.2, -0.15) is 0 Å². The highest BCUT2D eigenvalue weighted by Crippen LogP contribution is 2.32. The summed E-state index contributed by atoms with van der Waals surface area (Å²) in [6.45, 7) is 0. The second kappa shape index (κ2) is 5.75. The normalized spacial score (nSPS) is 11.6. The van der Waals surface area contributed by atoms with Crippen molar-refractivity contribution < 1.29 is 17.2 Å². The zero-order valence-electron chi connectivity index (χ0n) is 11.4. The Kier molecular flexibility index (Phi) is 3.91. The Labute approximate surface area is 136 Å². The number of hydrogen-bond donors (Lipinski definition) is 0. The predicted molar refractivity (Wildman–Crippen MR) is 81.6 cm³/mol. The Bertz CT molecular complexity index is 952. The van der Waals surface area contributed by atoms with Gasteiger partial charge < -0.3 is 0 Å². The fourth-order valence-electron chi connectivity index (χ4n) is 2.17. The first-order valence-electron chi connectivity index (χ1n) is 6.40. The van der Waals surface area contributed by atoms with Crippen LogP contribution in [0.5, 0.6) is 0 Å². The van der Waals surface area contributed by atoms with E-state index in [2.05, 4.69) is 4.98 Å². The van der Waals surface area contributed by atoms with Gasteiger partial charge in [0.2, 0.25) is 0 Å². The molecule has 23 heavy (non-hydrogen) atoms. The molecule has 2 heterocycles. The lowest BCUT2D eigenvalue weighted by molar-refractivity contribution is 0.582. The summed E-state index contributed by atoms with van der Waals surface area (Å²) in [6.07, 6.45) is 2.54. The molecule has 0 bridgehead atoms. The Balaban J connectivity index is 2.30. The van der Waals surface area contributed by atoms with Gasteiger partial charge in [-0.1, -0.05) is 17.7 Å². The van der Waals surface area contributed by atoms with Crippen LogP contribution in [0.2, 0.25) is 5.15 Å². The second-order valence-corrected chi connectivity index (χ2v) is 6.77. The molecule has 0 radical (unpaired) electrons. The lowest BCUT2D eigenvalue weighted by atomic mass is 10.1. The summed E-state index contributed by atoms with van der Waals surface area (Å²) in [5.74, 6) is -1.77. The average molecular weight is 355 g/mol. The molecular weight excluding hydrogens is 346 g/mol. The first kappa shape index (κ1) is 15.6. The highest BCUT2D eigenvalue weighted by atomic mass is 35.5. The maximum absolute atomic E-state index is 14.0. The number of pyridine rings is 1. The van der Waals surface area contributed by atoms with Crippen LogP contribution >= 0.6 is 11.6 Å². The van der Waals surface area contributed by atoms with Crippen molar-refractivity contribution in [2.24, 2.45) is 0 Å². The van der Waals surface area contributed by atoms with E-state index in [0.717, 1.165) is 18.3 Å². The van der Waals surface area contributed by atoms with Gasteiger partial charge in [-0.15, -0.1) is 0 Å². The molecule has 0 atom stereocenters. The van der Waals surface area contributed by atoms with Crippen LogP contribution in [-0.2, 0) is 10.0 Å². The molecule has 0 N–H and O–H groups in total. The molecule has 3 aromatic rings. The largest absolute Gasteiger partial charge is 0.270 e. The van der Waals surface area contributed by atoms with Gasteiger partial charge in [-0.05, 0) is 36.4 Å². The molecule has 118 valence electrons. The molecule has 0 fully saturated rings. The molecule has 0 amide bonds. The minimum Gasteiger partial charge on any atom is -0.263 e. The zero-order chi connectivity index (χ0) is 16.6. The summed E-state index contributed by atoms with van der Waals surface area (Å²) in [5, 5.41) is -0.188. The predicted octanol–water partition coefficient (Wildman–Crippen LogP) is 3.72. The lowest BCUT2D eigenvalue weighted by Crippen LogP contribution is -2.15. The van der Waals surface area contributed by atoms with Gasteiger partial charge in [0.15, 0.2) is 0 Å². The fraction of sp³-hybridized carbons (Fsp3) is 0. The monoisotopic (exact) mass is 354 g/mol. The van der Waals surface area contributed by atoms with Crippen molar-refractivity contribution in [3.05, 3.63) is 71.6 Å². The smallest absolute Gasteiger partial charge is 0.263 e. The van der Waals surface area contributed by atoms with E-state index in [0.29, 0.717) is 3.97 Å². The summed E-state index contributed by atoms with van der Waals surface area (Å²) in [7, 11) is -4.15. The van der Waals surface area contributed by atoms with Crippen LogP contribution in [-0.4, -0.2) is 17.4 Å². The van der Waals surface area contributed by atoms with Gasteiger partial charge in [0, 0.05) is 12.4 Å². The van der Waals surface area contributed by atoms with E-state index in [1.165, 1.54) is 36.5 Å². The summed E-state index contributed by atoms with van der Waals surface area (Å²) >= 11 is 5.95. The highest BCUT2D eigenvalue weighted by molar-refractivity contribution is 7.90. The maximum Gasteiger partial charge on any atom is 0.270 e. The standard InChI is InChI=1S/C15H9ClF2N2O2S/c16-14-7-6-13(15-11(17)4-1-5-12(15)18)20(14)23(21,22)10-3-2-8-19-9-10/h1-9H. The van der Waals surface area contributed by atoms with Gasteiger partial charge >= 0.3 is 0 Å². The molecule has 0 saturated heterocycles.